The molecule has 1 aromatic heterocycles. The maximum Gasteiger partial charge on any atom is 0.109 e. The largest absolute Gasteiger partial charge is 0.338 e. The van der Waals surface area contributed by atoms with Crippen molar-refractivity contribution in [3.05, 3.63) is 18.2 Å². The number of aryl methyl sites for hydroxylation is 1. The molecule has 0 saturated carbocycles. The van der Waals surface area contributed by atoms with Crippen LogP contribution in [0.3, 0.4) is 0 Å². The SMILES string of the molecule is CC(C)NCC1CCCCN1CCc1nccn1C. The van der Waals surface area contributed by atoms with E-state index in [1.54, 1.807) is 0 Å². The van der Waals surface area contributed by atoms with Crippen LogP contribution in [0.1, 0.15) is 38.9 Å². The van der Waals surface area contributed by atoms with Gasteiger partial charge in [-0.25, -0.2) is 4.98 Å². The van der Waals surface area contributed by atoms with Gasteiger partial charge in [-0.05, 0) is 19.4 Å². The van der Waals surface area contributed by atoms with Crippen molar-refractivity contribution in [2.75, 3.05) is 19.6 Å². The van der Waals surface area contributed by atoms with Gasteiger partial charge in [-0.2, -0.15) is 0 Å². The molecule has 1 aliphatic rings. The summed E-state index contributed by atoms with van der Waals surface area (Å²) >= 11 is 0. The molecule has 1 unspecified atom stereocenters. The summed E-state index contributed by atoms with van der Waals surface area (Å²) in [7, 11) is 2.08. The molecule has 19 heavy (non-hydrogen) atoms. The molecule has 4 nitrogen and oxygen atoms in total. The summed E-state index contributed by atoms with van der Waals surface area (Å²) in [4.78, 5) is 7.07. The van der Waals surface area contributed by atoms with Crippen molar-refractivity contribution < 1.29 is 0 Å². The van der Waals surface area contributed by atoms with Gasteiger partial charge in [0.2, 0.25) is 0 Å². The smallest absolute Gasteiger partial charge is 0.109 e. The quantitative estimate of drug-likeness (QED) is 0.851. The number of likely N-dealkylation sites (tertiary alicyclic amines) is 1. The first kappa shape index (κ1) is 14.5. The van der Waals surface area contributed by atoms with Gasteiger partial charge in [-0.3, -0.25) is 4.90 Å². The van der Waals surface area contributed by atoms with Crippen molar-refractivity contribution in [3.8, 4) is 0 Å². The number of nitrogens with zero attached hydrogens (tertiary/aromatic N) is 3. The Morgan fingerprint density at radius 1 is 1.42 bits per heavy atom. The van der Waals surface area contributed by atoms with Crippen LogP contribution in [0.2, 0.25) is 0 Å². The molecule has 0 radical (unpaired) electrons. The monoisotopic (exact) mass is 264 g/mol. The summed E-state index contributed by atoms with van der Waals surface area (Å²) in [6.45, 7) is 7.95. The van der Waals surface area contributed by atoms with Gasteiger partial charge >= 0.3 is 0 Å². The van der Waals surface area contributed by atoms with Crippen LogP contribution in [-0.4, -0.2) is 46.2 Å². The Morgan fingerprint density at radius 2 is 2.26 bits per heavy atom. The lowest BCUT2D eigenvalue weighted by atomic mass is 10.0. The van der Waals surface area contributed by atoms with Crippen LogP contribution in [0.4, 0.5) is 0 Å². The third-order valence-corrected chi connectivity index (χ3v) is 4.05. The molecular weight excluding hydrogens is 236 g/mol. The minimum atomic E-state index is 0.582. The maximum absolute atomic E-state index is 4.42. The van der Waals surface area contributed by atoms with Gasteiger partial charge in [-0.15, -0.1) is 0 Å². The Balaban J connectivity index is 1.83. The predicted molar refractivity (Wildman–Crippen MR) is 79.3 cm³/mol. The van der Waals surface area contributed by atoms with Crippen molar-refractivity contribution in [2.45, 2.75) is 51.6 Å². The normalized spacial score (nSPS) is 21.2. The summed E-state index contributed by atoms with van der Waals surface area (Å²) in [5.41, 5.74) is 0. The molecule has 0 bridgehead atoms. The molecule has 0 aliphatic carbocycles. The van der Waals surface area contributed by atoms with E-state index >= 15 is 0 Å². The van der Waals surface area contributed by atoms with Gasteiger partial charge in [0, 0.05) is 51.0 Å². The van der Waals surface area contributed by atoms with Crippen LogP contribution < -0.4 is 5.32 Å². The van der Waals surface area contributed by atoms with Gasteiger partial charge in [-0.1, -0.05) is 20.3 Å². The fourth-order valence-electron chi connectivity index (χ4n) is 2.84. The van der Waals surface area contributed by atoms with E-state index in [1.807, 2.05) is 12.4 Å². The first-order valence-electron chi connectivity index (χ1n) is 7.60. The number of hydrogen-bond acceptors (Lipinski definition) is 3. The lowest BCUT2D eigenvalue weighted by Gasteiger charge is -2.36. The number of aromatic nitrogens is 2. The minimum Gasteiger partial charge on any atom is -0.338 e. The molecule has 0 aromatic carbocycles. The molecule has 4 heteroatoms. The molecule has 2 heterocycles. The molecule has 108 valence electrons. The number of hydrogen-bond donors (Lipinski definition) is 1. The number of rotatable bonds is 6. The molecule has 2 rings (SSSR count). The summed E-state index contributed by atoms with van der Waals surface area (Å²) in [6.07, 6.45) is 9.04. The van der Waals surface area contributed by atoms with Crippen LogP contribution in [0.25, 0.3) is 0 Å². The molecule has 1 aliphatic heterocycles. The predicted octanol–water partition coefficient (Wildman–Crippen LogP) is 1.82. The van der Waals surface area contributed by atoms with Gasteiger partial charge in [0.1, 0.15) is 5.82 Å². The summed E-state index contributed by atoms with van der Waals surface area (Å²) < 4.78 is 2.13. The molecule has 1 fully saturated rings. The topological polar surface area (TPSA) is 33.1 Å². The summed E-state index contributed by atoms with van der Waals surface area (Å²) in [5.74, 6) is 1.20. The Hall–Kier alpha value is -0.870. The van der Waals surface area contributed by atoms with Crippen LogP contribution >= 0.6 is 0 Å². The molecule has 1 N–H and O–H groups in total. The molecular formula is C15H28N4. The van der Waals surface area contributed by atoms with Crippen molar-refractivity contribution >= 4 is 0 Å². The van der Waals surface area contributed by atoms with E-state index < -0.39 is 0 Å². The summed E-state index contributed by atoms with van der Waals surface area (Å²) in [5, 5.41) is 3.59. The van der Waals surface area contributed by atoms with E-state index in [0.29, 0.717) is 12.1 Å². The Morgan fingerprint density at radius 3 is 2.95 bits per heavy atom. The number of imidazole rings is 1. The van der Waals surface area contributed by atoms with E-state index in [1.165, 1.54) is 31.6 Å². The number of piperidine rings is 1. The third-order valence-electron chi connectivity index (χ3n) is 4.05. The zero-order valence-electron chi connectivity index (χ0n) is 12.6. The highest BCUT2D eigenvalue weighted by Gasteiger charge is 2.22. The van der Waals surface area contributed by atoms with E-state index in [0.717, 1.165) is 19.5 Å². The highest BCUT2D eigenvalue weighted by Crippen LogP contribution is 2.17. The van der Waals surface area contributed by atoms with E-state index in [4.69, 9.17) is 0 Å². The third kappa shape index (κ3) is 4.32. The van der Waals surface area contributed by atoms with Crippen molar-refractivity contribution in [3.63, 3.8) is 0 Å². The van der Waals surface area contributed by atoms with Crippen LogP contribution in [0, 0.1) is 0 Å². The van der Waals surface area contributed by atoms with Crippen molar-refractivity contribution in [1.82, 2.24) is 19.8 Å². The Kier molecular flexibility index (Phi) is 5.40. The standard InChI is InChI=1S/C15H28N4/c1-13(2)17-12-14-6-4-5-9-19(14)10-7-15-16-8-11-18(15)3/h8,11,13-14,17H,4-7,9-10,12H2,1-3H3. The van der Waals surface area contributed by atoms with Crippen molar-refractivity contribution in [1.29, 1.82) is 0 Å². The number of nitrogens with one attached hydrogen (secondary N) is 1. The fourth-order valence-corrected chi connectivity index (χ4v) is 2.84. The van der Waals surface area contributed by atoms with Crippen LogP contribution in [-0.2, 0) is 13.5 Å². The average molecular weight is 264 g/mol. The second kappa shape index (κ2) is 7.06. The minimum absolute atomic E-state index is 0.582. The molecule has 1 aromatic rings. The first-order valence-corrected chi connectivity index (χ1v) is 7.60. The highest BCUT2D eigenvalue weighted by atomic mass is 15.2. The van der Waals surface area contributed by atoms with E-state index in [2.05, 4.69) is 40.7 Å². The highest BCUT2D eigenvalue weighted by molar-refractivity contribution is 4.92. The van der Waals surface area contributed by atoms with Gasteiger partial charge < -0.3 is 9.88 Å². The lowest BCUT2D eigenvalue weighted by molar-refractivity contribution is 0.144. The second-order valence-electron chi connectivity index (χ2n) is 5.95. The lowest BCUT2D eigenvalue weighted by Crippen LogP contribution is -2.47. The molecule has 1 atom stereocenters. The van der Waals surface area contributed by atoms with Crippen LogP contribution in [0.15, 0.2) is 12.4 Å². The molecule has 0 spiro atoms. The Bertz CT molecular complexity index is 372. The Labute approximate surface area is 117 Å². The van der Waals surface area contributed by atoms with E-state index in [-0.39, 0.29) is 0 Å². The van der Waals surface area contributed by atoms with Gasteiger partial charge in [0.25, 0.3) is 0 Å². The second-order valence-corrected chi connectivity index (χ2v) is 5.95. The van der Waals surface area contributed by atoms with Crippen molar-refractivity contribution in [2.24, 2.45) is 7.05 Å². The first-order chi connectivity index (χ1) is 9.16. The zero-order chi connectivity index (χ0) is 13.7. The maximum atomic E-state index is 4.42. The van der Waals surface area contributed by atoms with Gasteiger partial charge in [0.15, 0.2) is 0 Å². The molecule has 1 saturated heterocycles. The average Bonchev–Trinajstić information content (AvgIpc) is 2.80. The van der Waals surface area contributed by atoms with Gasteiger partial charge in [0.05, 0.1) is 0 Å². The fraction of sp³-hybridized carbons (Fsp3) is 0.800. The molecule has 0 amide bonds. The van der Waals surface area contributed by atoms with Crippen LogP contribution in [0.5, 0.6) is 0 Å². The summed E-state index contributed by atoms with van der Waals surface area (Å²) in [6, 6.07) is 1.29. The van der Waals surface area contributed by atoms with E-state index in [9.17, 15) is 0 Å². The zero-order valence-corrected chi connectivity index (χ0v) is 12.6.